The Bertz CT molecular complexity index is 490. The number of primary amides is 1. The molecule has 1 aromatic carbocycles. The SMILES string of the molecule is NC(=O)c1ccc(CN2CCCCC2C=O)c(F)c1. The Morgan fingerprint density at radius 1 is 1.47 bits per heavy atom. The molecule has 0 aliphatic carbocycles. The first kappa shape index (κ1) is 13.7. The van der Waals surface area contributed by atoms with Crippen molar-refractivity contribution in [3.8, 4) is 0 Å². The maximum atomic E-state index is 13.9. The number of carbonyl (C=O) groups is 2. The second-order valence-corrected chi connectivity index (χ2v) is 4.84. The van der Waals surface area contributed by atoms with E-state index >= 15 is 0 Å². The molecule has 0 spiro atoms. The van der Waals surface area contributed by atoms with Crippen LogP contribution in [0.1, 0.15) is 35.2 Å². The molecule has 2 rings (SSSR count). The largest absolute Gasteiger partial charge is 0.366 e. The lowest BCUT2D eigenvalue weighted by molar-refractivity contribution is -0.113. The number of likely N-dealkylation sites (tertiary alicyclic amines) is 1. The van der Waals surface area contributed by atoms with E-state index in [1.54, 1.807) is 6.07 Å². The predicted molar refractivity (Wildman–Crippen MR) is 69.0 cm³/mol. The standard InChI is InChI=1S/C14H17FN2O2/c15-13-7-10(14(16)19)4-5-11(13)8-17-6-2-1-3-12(17)9-18/h4-5,7,9,12H,1-3,6,8H2,(H2,16,19). The molecule has 1 aliphatic rings. The molecule has 0 saturated carbocycles. The maximum Gasteiger partial charge on any atom is 0.248 e. The molecule has 102 valence electrons. The zero-order chi connectivity index (χ0) is 13.8. The van der Waals surface area contributed by atoms with Crippen LogP contribution in [0.5, 0.6) is 0 Å². The minimum absolute atomic E-state index is 0.135. The van der Waals surface area contributed by atoms with Crippen molar-refractivity contribution in [3.63, 3.8) is 0 Å². The third-order valence-corrected chi connectivity index (χ3v) is 3.53. The Labute approximate surface area is 111 Å². The Kier molecular flexibility index (Phi) is 4.27. The van der Waals surface area contributed by atoms with Gasteiger partial charge >= 0.3 is 0 Å². The fraction of sp³-hybridized carbons (Fsp3) is 0.429. The van der Waals surface area contributed by atoms with E-state index in [4.69, 9.17) is 5.73 Å². The third-order valence-electron chi connectivity index (χ3n) is 3.53. The molecule has 5 heteroatoms. The number of rotatable bonds is 4. The molecule has 1 fully saturated rings. The highest BCUT2D eigenvalue weighted by molar-refractivity contribution is 5.92. The minimum atomic E-state index is -0.644. The molecule has 1 heterocycles. The number of nitrogens with zero attached hydrogens (tertiary/aromatic N) is 1. The first-order valence-corrected chi connectivity index (χ1v) is 6.39. The molecular weight excluding hydrogens is 247 g/mol. The van der Waals surface area contributed by atoms with Gasteiger partial charge in [0.2, 0.25) is 5.91 Å². The molecule has 1 aromatic rings. The van der Waals surface area contributed by atoms with Crippen molar-refractivity contribution in [1.82, 2.24) is 4.90 Å². The third kappa shape index (κ3) is 3.17. The Morgan fingerprint density at radius 3 is 2.89 bits per heavy atom. The monoisotopic (exact) mass is 264 g/mol. The van der Waals surface area contributed by atoms with Crippen molar-refractivity contribution < 1.29 is 14.0 Å². The second-order valence-electron chi connectivity index (χ2n) is 4.84. The van der Waals surface area contributed by atoms with Crippen molar-refractivity contribution >= 4 is 12.2 Å². The van der Waals surface area contributed by atoms with Crippen molar-refractivity contribution in [2.24, 2.45) is 5.73 Å². The van der Waals surface area contributed by atoms with Crippen LogP contribution in [0.25, 0.3) is 0 Å². The van der Waals surface area contributed by atoms with Gasteiger partial charge in [-0.1, -0.05) is 12.5 Å². The molecule has 0 radical (unpaired) electrons. The summed E-state index contributed by atoms with van der Waals surface area (Å²) in [7, 11) is 0. The normalized spacial score (nSPS) is 20.2. The summed E-state index contributed by atoms with van der Waals surface area (Å²) in [6, 6.07) is 4.09. The summed E-state index contributed by atoms with van der Waals surface area (Å²) in [5, 5.41) is 0. The van der Waals surface area contributed by atoms with Gasteiger partial charge in [0.25, 0.3) is 0 Å². The zero-order valence-corrected chi connectivity index (χ0v) is 10.6. The number of piperidine rings is 1. The predicted octanol–water partition coefficient (Wildman–Crippen LogP) is 1.48. The number of aldehydes is 1. The van der Waals surface area contributed by atoms with Crippen molar-refractivity contribution in [2.75, 3.05) is 6.54 Å². The Morgan fingerprint density at radius 2 is 2.26 bits per heavy atom. The lowest BCUT2D eigenvalue weighted by Gasteiger charge is -2.32. The molecule has 0 aromatic heterocycles. The van der Waals surface area contributed by atoms with Gasteiger partial charge in [-0.25, -0.2) is 4.39 Å². The van der Waals surface area contributed by atoms with Crippen LogP contribution in [0.4, 0.5) is 4.39 Å². The van der Waals surface area contributed by atoms with E-state index < -0.39 is 11.7 Å². The Hall–Kier alpha value is -1.75. The van der Waals surface area contributed by atoms with Gasteiger partial charge in [-0.05, 0) is 31.5 Å². The minimum Gasteiger partial charge on any atom is -0.366 e. The lowest BCUT2D eigenvalue weighted by Crippen LogP contribution is -2.40. The topological polar surface area (TPSA) is 63.4 Å². The molecule has 1 aliphatic heterocycles. The number of hydrogen-bond donors (Lipinski definition) is 1. The van der Waals surface area contributed by atoms with Gasteiger partial charge in [0.15, 0.2) is 0 Å². The first-order valence-electron chi connectivity index (χ1n) is 6.39. The first-order chi connectivity index (χ1) is 9.11. The average molecular weight is 264 g/mol. The van der Waals surface area contributed by atoms with Gasteiger partial charge < -0.3 is 10.5 Å². The van der Waals surface area contributed by atoms with E-state index in [-0.39, 0.29) is 11.6 Å². The van der Waals surface area contributed by atoms with Gasteiger partial charge in [0.1, 0.15) is 12.1 Å². The highest BCUT2D eigenvalue weighted by Crippen LogP contribution is 2.20. The van der Waals surface area contributed by atoms with Gasteiger partial charge in [0, 0.05) is 17.7 Å². The average Bonchev–Trinajstić information content (AvgIpc) is 2.41. The van der Waals surface area contributed by atoms with Crippen LogP contribution >= 0.6 is 0 Å². The molecule has 1 amide bonds. The molecule has 1 unspecified atom stereocenters. The van der Waals surface area contributed by atoms with Crippen LogP contribution in [-0.2, 0) is 11.3 Å². The summed E-state index contributed by atoms with van der Waals surface area (Å²) in [4.78, 5) is 23.9. The fourth-order valence-electron chi connectivity index (χ4n) is 2.41. The van der Waals surface area contributed by atoms with E-state index in [9.17, 15) is 14.0 Å². The van der Waals surface area contributed by atoms with E-state index in [2.05, 4.69) is 0 Å². The van der Waals surface area contributed by atoms with Crippen LogP contribution in [0.15, 0.2) is 18.2 Å². The second kappa shape index (κ2) is 5.93. The molecule has 1 atom stereocenters. The van der Waals surface area contributed by atoms with Crippen LogP contribution in [0.2, 0.25) is 0 Å². The molecule has 19 heavy (non-hydrogen) atoms. The van der Waals surface area contributed by atoms with Gasteiger partial charge in [-0.15, -0.1) is 0 Å². The number of carbonyl (C=O) groups excluding carboxylic acids is 2. The smallest absolute Gasteiger partial charge is 0.248 e. The van der Waals surface area contributed by atoms with Crippen molar-refractivity contribution in [1.29, 1.82) is 0 Å². The molecular formula is C14H17FN2O2. The quantitative estimate of drug-likeness (QED) is 0.838. The highest BCUT2D eigenvalue weighted by atomic mass is 19.1. The molecule has 0 bridgehead atoms. The van der Waals surface area contributed by atoms with Crippen LogP contribution in [-0.4, -0.2) is 29.7 Å². The Balaban J connectivity index is 2.14. The molecule has 1 saturated heterocycles. The summed E-state index contributed by atoms with van der Waals surface area (Å²) >= 11 is 0. The van der Waals surface area contributed by atoms with E-state index in [1.807, 2.05) is 4.90 Å². The number of nitrogens with two attached hydrogens (primary N) is 1. The number of halogens is 1. The van der Waals surface area contributed by atoms with E-state index in [0.29, 0.717) is 12.1 Å². The van der Waals surface area contributed by atoms with E-state index in [0.717, 1.165) is 38.2 Å². The molecule has 2 N–H and O–H groups in total. The zero-order valence-electron chi connectivity index (χ0n) is 10.6. The number of amides is 1. The lowest BCUT2D eigenvalue weighted by atomic mass is 10.0. The van der Waals surface area contributed by atoms with Gasteiger partial charge in [-0.3, -0.25) is 9.69 Å². The number of hydrogen-bond acceptors (Lipinski definition) is 3. The van der Waals surface area contributed by atoms with Gasteiger partial charge in [0.05, 0.1) is 6.04 Å². The van der Waals surface area contributed by atoms with E-state index in [1.165, 1.54) is 6.07 Å². The summed E-state index contributed by atoms with van der Waals surface area (Å²) in [6.07, 6.45) is 3.80. The van der Waals surface area contributed by atoms with Crippen molar-refractivity contribution in [2.45, 2.75) is 31.8 Å². The fourth-order valence-corrected chi connectivity index (χ4v) is 2.41. The summed E-state index contributed by atoms with van der Waals surface area (Å²) in [5.74, 6) is -1.10. The number of benzene rings is 1. The summed E-state index contributed by atoms with van der Waals surface area (Å²) < 4.78 is 13.9. The van der Waals surface area contributed by atoms with Crippen molar-refractivity contribution in [3.05, 3.63) is 35.1 Å². The van der Waals surface area contributed by atoms with Crippen LogP contribution in [0.3, 0.4) is 0 Å². The van der Waals surface area contributed by atoms with Gasteiger partial charge in [-0.2, -0.15) is 0 Å². The summed E-state index contributed by atoms with van der Waals surface area (Å²) in [5.41, 5.74) is 5.74. The summed E-state index contributed by atoms with van der Waals surface area (Å²) in [6.45, 7) is 1.18. The highest BCUT2D eigenvalue weighted by Gasteiger charge is 2.22. The van der Waals surface area contributed by atoms with Crippen LogP contribution in [0, 0.1) is 5.82 Å². The maximum absolute atomic E-state index is 13.9. The molecule has 4 nitrogen and oxygen atoms in total. The van der Waals surface area contributed by atoms with Crippen LogP contribution < -0.4 is 5.73 Å².